The predicted octanol–water partition coefficient (Wildman–Crippen LogP) is 4.68. The summed E-state index contributed by atoms with van der Waals surface area (Å²) < 4.78 is 2.50. The molecule has 3 heterocycles. The van der Waals surface area contributed by atoms with Gasteiger partial charge in [0.2, 0.25) is 5.13 Å². The lowest BCUT2D eigenvalue weighted by Crippen LogP contribution is -1.99. The summed E-state index contributed by atoms with van der Waals surface area (Å²) in [5.41, 5.74) is 1.39. The van der Waals surface area contributed by atoms with Gasteiger partial charge in [0.25, 0.3) is 0 Å². The molecule has 1 aromatic carbocycles. The van der Waals surface area contributed by atoms with Gasteiger partial charge in [-0.3, -0.25) is 0 Å². The molecule has 0 aliphatic heterocycles. The Hall–Kier alpha value is -1.94. The Morgan fingerprint density at radius 3 is 2.63 bits per heavy atom. The van der Waals surface area contributed by atoms with Crippen LogP contribution >= 0.6 is 46.3 Å². The zero-order chi connectivity index (χ0) is 18.4. The number of hydrogen-bond donors (Lipinski definition) is 1. The topological polar surface area (TPSA) is 80.9 Å². The van der Waals surface area contributed by atoms with E-state index in [2.05, 4.69) is 30.8 Å². The lowest BCUT2D eigenvalue weighted by atomic mass is 10.2. The van der Waals surface area contributed by atoms with E-state index in [-0.39, 0.29) is 0 Å². The van der Waals surface area contributed by atoms with Gasteiger partial charge in [-0.05, 0) is 54.9 Å². The Kier molecular flexibility index (Phi) is 4.39. The minimum atomic E-state index is 0.532. The average molecular weight is 436 g/mol. The molecule has 1 fully saturated rings. The van der Waals surface area contributed by atoms with Crippen LogP contribution < -0.4 is 5.32 Å². The Morgan fingerprint density at radius 1 is 1.04 bits per heavy atom. The van der Waals surface area contributed by atoms with Crippen molar-refractivity contribution in [2.45, 2.75) is 28.2 Å². The number of nitrogens with zero attached hydrogens (tertiary/aromatic N) is 6. The number of benzene rings is 1. The van der Waals surface area contributed by atoms with Gasteiger partial charge in [-0.2, -0.15) is 9.61 Å². The van der Waals surface area contributed by atoms with E-state index in [4.69, 9.17) is 23.2 Å². The van der Waals surface area contributed by atoms with E-state index in [9.17, 15) is 0 Å². The predicted molar refractivity (Wildman–Crippen MR) is 107 cm³/mol. The molecule has 7 nitrogen and oxygen atoms in total. The minimum absolute atomic E-state index is 0.532. The Labute approximate surface area is 172 Å². The van der Waals surface area contributed by atoms with Crippen LogP contribution in [0.5, 0.6) is 0 Å². The fourth-order valence-electron chi connectivity index (χ4n) is 2.49. The molecule has 0 amide bonds. The second-order valence-electron chi connectivity index (χ2n) is 6.02. The second-order valence-corrected chi connectivity index (χ2v) is 9.14. The van der Waals surface area contributed by atoms with Crippen molar-refractivity contribution < 1.29 is 0 Å². The molecule has 1 N–H and O–H groups in total. The third kappa shape index (κ3) is 3.73. The third-order valence-corrected chi connectivity index (χ3v) is 6.13. The molecule has 1 aliphatic carbocycles. The molecule has 0 atom stereocenters. The standard InChI is InChI=1S/C16H11Cl2N7S2/c17-9-5-8(6-10(18)7-9)14-21-20-12-3-4-13(24-25(12)14)26-16-23-22-15(27-16)19-11-1-2-11/h3-7,11H,1-2H2,(H,19,22). The van der Waals surface area contributed by atoms with Crippen molar-refractivity contribution in [2.75, 3.05) is 5.32 Å². The fourth-order valence-corrected chi connectivity index (χ4v) is 4.75. The van der Waals surface area contributed by atoms with E-state index in [0.717, 1.165) is 20.1 Å². The van der Waals surface area contributed by atoms with Crippen LogP contribution in [0.15, 0.2) is 39.7 Å². The molecule has 11 heteroatoms. The third-order valence-electron chi connectivity index (χ3n) is 3.86. The summed E-state index contributed by atoms with van der Waals surface area (Å²) in [4.78, 5) is 0. The lowest BCUT2D eigenvalue weighted by molar-refractivity contribution is 0.859. The van der Waals surface area contributed by atoms with Crippen LogP contribution in [0.1, 0.15) is 12.8 Å². The number of fused-ring (bicyclic) bond motifs is 1. The highest BCUT2D eigenvalue weighted by Gasteiger charge is 2.22. The molecule has 1 aliphatic rings. The minimum Gasteiger partial charge on any atom is -0.357 e. The zero-order valence-corrected chi connectivity index (χ0v) is 16.8. The summed E-state index contributed by atoms with van der Waals surface area (Å²) in [5.74, 6) is 0.574. The number of halogens is 2. The molecule has 0 bridgehead atoms. The number of hydrogen-bond acceptors (Lipinski definition) is 8. The van der Waals surface area contributed by atoms with Gasteiger partial charge in [0.1, 0.15) is 5.03 Å². The van der Waals surface area contributed by atoms with Crippen molar-refractivity contribution in [1.29, 1.82) is 0 Å². The van der Waals surface area contributed by atoms with Gasteiger partial charge in [0, 0.05) is 21.7 Å². The van der Waals surface area contributed by atoms with Crippen LogP contribution in [0.3, 0.4) is 0 Å². The molecule has 0 spiro atoms. The molecule has 0 radical (unpaired) electrons. The maximum absolute atomic E-state index is 6.11. The Balaban J connectivity index is 1.46. The van der Waals surface area contributed by atoms with Gasteiger partial charge in [0.15, 0.2) is 15.8 Å². The van der Waals surface area contributed by atoms with Crippen molar-refractivity contribution in [2.24, 2.45) is 0 Å². The van der Waals surface area contributed by atoms with E-state index in [1.54, 1.807) is 22.7 Å². The number of rotatable bonds is 5. The summed E-state index contributed by atoms with van der Waals surface area (Å²) in [5, 5.41) is 27.5. The van der Waals surface area contributed by atoms with Gasteiger partial charge in [-0.15, -0.1) is 20.4 Å². The molecule has 136 valence electrons. The smallest absolute Gasteiger partial charge is 0.206 e. The van der Waals surface area contributed by atoms with E-state index >= 15 is 0 Å². The normalized spacial score (nSPS) is 14.0. The van der Waals surface area contributed by atoms with Crippen molar-refractivity contribution in [1.82, 2.24) is 30.0 Å². The SMILES string of the molecule is Clc1cc(Cl)cc(-c2nnc3ccc(Sc4nnc(NC5CC5)s4)nn23)c1. The Morgan fingerprint density at radius 2 is 1.85 bits per heavy atom. The first-order valence-corrected chi connectivity index (χ1v) is 10.5. The number of anilines is 1. The second kappa shape index (κ2) is 6.90. The first-order valence-electron chi connectivity index (χ1n) is 8.11. The van der Waals surface area contributed by atoms with Crippen LogP contribution in [0, 0.1) is 0 Å². The van der Waals surface area contributed by atoms with Gasteiger partial charge < -0.3 is 5.32 Å². The first kappa shape index (κ1) is 17.2. The summed E-state index contributed by atoms with van der Waals surface area (Å²) in [6.07, 6.45) is 2.40. The van der Waals surface area contributed by atoms with Crippen molar-refractivity contribution in [3.63, 3.8) is 0 Å². The zero-order valence-electron chi connectivity index (χ0n) is 13.6. The monoisotopic (exact) mass is 435 g/mol. The highest BCUT2D eigenvalue weighted by atomic mass is 35.5. The molecule has 1 saturated carbocycles. The molecule has 4 aromatic rings. The van der Waals surface area contributed by atoms with E-state index < -0.39 is 0 Å². The highest BCUT2D eigenvalue weighted by molar-refractivity contribution is 8.01. The van der Waals surface area contributed by atoms with Crippen LogP contribution in [0.2, 0.25) is 10.0 Å². The number of nitrogens with one attached hydrogen (secondary N) is 1. The average Bonchev–Trinajstić information content (AvgIpc) is 3.17. The summed E-state index contributed by atoms with van der Waals surface area (Å²) in [7, 11) is 0. The van der Waals surface area contributed by atoms with E-state index in [1.165, 1.54) is 35.9 Å². The number of aromatic nitrogens is 6. The molecule has 3 aromatic heterocycles. The van der Waals surface area contributed by atoms with Crippen molar-refractivity contribution in [3.8, 4) is 11.4 Å². The summed E-state index contributed by atoms with van der Waals surface area (Å²) in [6.45, 7) is 0. The maximum atomic E-state index is 6.11. The fraction of sp³-hybridized carbons (Fsp3) is 0.188. The molecular weight excluding hydrogens is 425 g/mol. The van der Waals surface area contributed by atoms with Gasteiger partial charge in [-0.1, -0.05) is 34.5 Å². The molecule has 5 rings (SSSR count). The summed E-state index contributed by atoms with van der Waals surface area (Å²) in [6, 6.07) is 9.54. The van der Waals surface area contributed by atoms with Crippen molar-refractivity contribution in [3.05, 3.63) is 40.4 Å². The van der Waals surface area contributed by atoms with Crippen LogP contribution in [-0.2, 0) is 0 Å². The van der Waals surface area contributed by atoms with Crippen LogP contribution in [0.4, 0.5) is 5.13 Å². The molecule has 0 unspecified atom stereocenters. The maximum Gasteiger partial charge on any atom is 0.206 e. The lowest BCUT2D eigenvalue weighted by Gasteiger charge is -2.03. The molecule has 27 heavy (non-hydrogen) atoms. The van der Waals surface area contributed by atoms with Gasteiger partial charge in [-0.25, -0.2) is 0 Å². The molecule has 0 saturated heterocycles. The highest BCUT2D eigenvalue weighted by Crippen LogP contribution is 2.33. The van der Waals surface area contributed by atoms with Gasteiger partial charge in [0.05, 0.1) is 0 Å². The van der Waals surface area contributed by atoms with Crippen LogP contribution in [0.25, 0.3) is 17.0 Å². The van der Waals surface area contributed by atoms with E-state index in [0.29, 0.717) is 27.6 Å². The summed E-state index contributed by atoms with van der Waals surface area (Å²) >= 11 is 15.2. The van der Waals surface area contributed by atoms with E-state index in [1.807, 2.05) is 12.1 Å². The Bertz CT molecular complexity index is 1120. The molecular formula is C16H11Cl2N7S2. The first-order chi connectivity index (χ1) is 13.1. The van der Waals surface area contributed by atoms with Crippen molar-refractivity contribution >= 4 is 57.1 Å². The quantitative estimate of drug-likeness (QED) is 0.487. The van der Waals surface area contributed by atoms with Crippen LogP contribution in [-0.4, -0.2) is 36.1 Å². The largest absolute Gasteiger partial charge is 0.357 e. The van der Waals surface area contributed by atoms with Gasteiger partial charge >= 0.3 is 0 Å².